The van der Waals surface area contributed by atoms with Crippen molar-refractivity contribution >= 4 is 23.9 Å². The van der Waals surface area contributed by atoms with Gasteiger partial charge in [0.2, 0.25) is 0 Å². The molecule has 2 rings (SSSR count). The average molecular weight is 317 g/mol. The number of methoxy groups -OCH3 is 1. The zero-order chi connectivity index (χ0) is 16.2. The third-order valence-electron chi connectivity index (χ3n) is 3.70. The summed E-state index contributed by atoms with van der Waals surface area (Å²) in [5.41, 5.74) is 1.51. The Balaban J connectivity index is 2.29. The van der Waals surface area contributed by atoms with Gasteiger partial charge in [-0.05, 0) is 42.7 Å². The second-order valence-corrected chi connectivity index (χ2v) is 5.79. The number of esters is 1. The quantitative estimate of drug-likeness (QED) is 0.622. The maximum atomic E-state index is 11.7. The lowest BCUT2D eigenvalue weighted by atomic mass is 9.78. The minimum atomic E-state index is -0.717. The van der Waals surface area contributed by atoms with E-state index >= 15 is 0 Å². The van der Waals surface area contributed by atoms with Crippen LogP contribution in [-0.4, -0.2) is 19.4 Å². The number of rotatable bonds is 5. The van der Waals surface area contributed by atoms with Gasteiger partial charge < -0.3 is 9.53 Å². The van der Waals surface area contributed by atoms with Gasteiger partial charge in [-0.15, -0.1) is 0 Å². The van der Waals surface area contributed by atoms with Gasteiger partial charge in [-0.25, -0.2) is 4.79 Å². The van der Waals surface area contributed by atoms with Crippen LogP contribution in [0.3, 0.4) is 0 Å². The molecule has 0 saturated heterocycles. The van der Waals surface area contributed by atoms with E-state index in [4.69, 9.17) is 11.6 Å². The molecule has 0 radical (unpaired) electrons. The number of carbonyl (C=O) groups excluding carboxylic acids is 2. The lowest BCUT2D eigenvalue weighted by molar-refractivity contribution is -0.112. The molecule has 0 amide bonds. The van der Waals surface area contributed by atoms with Crippen LogP contribution in [0.15, 0.2) is 48.5 Å². The largest absolute Gasteiger partial charge is 0.465 e. The van der Waals surface area contributed by atoms with Crippen LogP contribution in [0.25, 0.3) is 0 Å². The van der Waals surface area contributed by atoms with Crippen molar-refractivity contribution < 1.29 is 14.3 Å². The average Bonchev–Trinajstić information content (AvgIpc) is 2.55. The number of hydrogen-bond acceptors (Lipinski definition) is 3. The van der Waals surface area contributed by atoms with Crippen LogP contribution in [0.1, 0.15) is 28.4 Å². The van der Waals surface area contributed by atoms with Gasteiger partial charge in [-0.1, -0.05) is 41.9 Å². The Hall–Kier alpha value is -2.13. The molecule has 1 unspecified atom stereocenters. The summed E-state index contributed by atoms with van der Waals surface area (Å²) >= 11 is 6.22. The minimum Gasteiger partial charge on any atom is -0.465 e. The summed E-state index contributed by atoms with van der Waals surface area (Å²) in [5, 5.41) is 0.572. The molecule has 0 fully saturated rings. The maximum absolute atomic E-state index is 11.7. The fourth-order valence-corrected chi connectivity index (χ4v) is 2.78. The molecule has 2 aromatic rings. The summed E-state index contributed by atoms with van der Waals surface area (Å²) in [7, 11) is 1.34. The molecule has 0 aromatic heterocycles. The van der Waals surface area contributed by atoms with E-state index in [0.717, 1.165) is 17.4 Å². The summed E-state index contributed by atoms with van der Waals surface area (Å²) < 4.78 is 4.67. The summed E-state index contributed by atoms with van der Waals surface area (Å²) in [6, 6.07) is 14.4. The van der Waals surface area contributed by atoms with Gasteiger partial charge in [0.25, 0.3) is 0 Å². The molecular weight excluding hydrogens is 300 g/mol. The highest BCUT2D eigenvalue weighted by Gasteiger charge is 2.28. The Morgan fingerprint density at radius 2 is 1.82 bits per heavy atom. The van der Waals surface area contributed by atoms with Crippen LogP contribution in [0.4, 0.5) is 0 Å². The van der Waals surface area contributed by atoms with Crippen LogP contribution in [0.2, 0.25) is 5.02 Å². The number of halogens is 1. The molecule has 2 aromatic carbocycles. The standard InChI is InChI=1S/C18H17ClO3/c1-18(12-20,15-5-3-4-6-16(15)19)11-13-7-9-14(10-8-13)17(21)22-2/h3-10,12H,11H2,1-2H3. The van der Waals surface area contributed by atoms with Crippen molar-refractivity contribution in [3.63, 3.8) is 0 Å². The van der Waals surface area contributed by atoms with Crippen molar-refractivity contribution in [1.29, 1.82) is 0 Å². The number of aldehydes is 1. The van der Waals surface area contributed by atoms with Gasteiger partial charge in [0, 0.05) is 5.02 Å². The molecule has 0 bridgehead atoms. The highest BCUT2D eigenvalue weighted by atomic mass is 35.5. The molecule has 0 saturated carbocycles. The van der Waals surface area contributed by atoms with Crippen molar-refractivity contribution in [2.24, 2.45) is 0 Å². The summed E-state index contributed by atoms with van der Waals surface area (Å²) in [6.07, 6.45) is 1.42. The first-order valence-corrected chi connectivity index (χ1v) is 7.26. The minimum absolute atomic E-state index is 0.379. The summed E-state index contributed by atoms with van der Waals surface area (Å²) in [6.45, 7) is 1.86. The molecule has 1 atom stereocenters. The van der Waals surface area contributed by atoms with E-state index in [2.05, 4.69) is 4.74 Å². The van der Waals surface area contributed by atoms with E-state index in [1.807, 2.05) is 37.3 Å². The first kappa shape index (κ1) is 16.2. The third-order valence-corrected chi connectivity index (χ3v) is 4.03. The lowest BCUT2D eigenvalue weighted by Gasteiger charge is -2.25. The van der Waals surface area contributed by atoms with Crippen LogP contribution in [0, 0.1) is 0 Å². The number of ether oxygens (including phenoxy) is 1. The smallest absolute Gasteiger partial charge is 0.337 e. The third kappa shape index (κ3) is 3.37. The summed E-state index contributed by atoms with van der Waals surface area (Å²) in [5.74, 6) is -0.379. The van der Waals surface area contributed by atoms with Gasteiger partial charge in [-0.2, -0.15) is 0 Å². The molecule has 0 heterocycles. The second-order valence-electron chi connectivity index (χ2n) is 5.38. The predicted molar refractivity (Wildman–Crippen MR) is 86.4 cm³/mol. The van der Waals surface area contributed by atoms with Crippen LogP contribution in [0.5, 0.6) is 0 Å². The molecule has 0 N–H and O–H groups in total. The topological polar surface area (TPSA) is 43.4 Å². The molecule has 0 aliphatic heterocycles. The highest BCUT2D eigenvalue weighted by Crippen LogP contribution is 2.31. The zero-order valence-corrected chi connectivity index (χ0v) is 13.3. The zero-order valence-electron chi connectivity index (χ0n) is 12.5. The van der Waals surface area contributed by atoms with Crippen molar-refractivity contribution in [2.75, 3.05) is 7.11 Å². The van der Waals surface area contributed by atoms with Crippen LogP contribution >= 0.6 is 11.6 Å². The Labute approximate surface area is 134 Å². The van der Waals surface area contributed by atoms with E-state index in [1.165, 1.54) is 7.11 Å². The van der Waals surface area contributed by atoms with Crippen molar-refractivity contribution in [2.45, 2.75) is 18.8 Å². The molecule has 0 aliphatic carbocycles. The monoisotopic (exact) mass is 316 g/mol. The fraction of sp³-hybridized carbons (Fsp3) is 0.222. The second kappa shape index (κ2) is 6.75. The van der Waals surface area contributed by atoms with Crippen LogP contribution in [-0.2, 0) is 21.4 Å². The molecular formula is C18H17ClO3. The van der Waals surface area contributed by atoms with Gasteiger partial charge in [0.15, 0.2) is 0 Å². The molecule has 0 aliphatic rings. The van der Waals surface area contributed by atoms with E-state index < -0.39 is 5.41 Å². The number of hydrogen-bond donors (Lipinski definition) is 0. The van der Waals surface area contributed by atoms with Crippen molar-refractivity contribution in [3.8, 4) is 0 Å². The Morgan fingerprint density at radius 3 is 2.36 bits per heavy atom. The van der Waals surface area contributed by atoms with E-state index in [1.54, 1.807) is 18.2 Å². The Kier molecular flexibility index (Phi) is 4.99. The fourth-order valence-electron chi connectivity index (χ4n) is 2.43. The SMILES string of the molecule is COC(=O)c1ccc(CC(C)(C=O)c2ccccc2Cl)cc1. The Morgan fingerprint density at radius 1 is 1.18 bits per heavy atom. The number of carbonyl (C=O) groups is 2. The van der Waals surface area contributed by atoms with Gasteiger partial charge in [-0.3, -0.25) is 0 Å². The molecule has 0 spiro atoms. The van der Waals surface area contributed by atoms with Gasteiger partial charge >= 0.3 is 5.97 Å². The van der Waals surface area contributed by atoms with Gasteiger partial charge in [0.05, 0.1) is 18.1 Å². The Bertz CT molecular complexity index is 679. The molecule has 3 nitrogen and oxygen atoms in total. The summed E-state index contributed by atoms with van der Waals surface area (Å²) in [4.78, 5) is 23.1. The van der Waals surface area contributed by atoms with Crippen molar-refractivity contribution in [1.82, 2.24) is 0 Å². The lowest BCUT2D eigenvalue weighted by Crippen LogP contribution is -2.27. The first-order valence-electron chi connectivity index (χ1n) is 6.89. The molecule has 114 valence electrons. The van der Waals surface area contributed by atoms with E-state index in [0.29, 0.717) is 17.0 Å². The molecule has 4 heteroatoms. The predicted octanol–water partition coefficient (Wildman–Crippen LogP) is 3.83. The number of benzene rings is 2. The molecule has 22 heavy (non-hydrogen) atoms. The van der Waals surface area contributed by atoms with Gasteiger partial charge in [0.1, 0.15) is 6.29 Å². The highest BCUT2D eigenvalue weighted by molar-refractivity contribution is 6.31. The van der Waals surface area contributed by atoms with Crippen molar-refractivity contribution in [3.05, 3.63) is 70.2 Å². The van der Waals surface area contributed by atoms with Crippen LogP contribution < -0.4 is 0 Å². The maximum Gasteiger partial charge on any atom is 0.337 e. The first-order chi connectivity index (χ1) is 10.5. The van der Waals surface area contributed by atoms with E-state index in [9.17, 15) is 9.59 Å². The van der Waals surface area contributed by atoms with E-state index in [-0.39, 0.29) is 5.97 Å². The normalized spacial score (nSPS) is 13.2.